The summed E-state index contributed by atoms with van der Waals surface area (Å²) in [5, 5.41) is 11.9. The molecular weight excluding hydrogens is 569 g/mol. The SMILES string of the molecule is COc1cc2c(cc1OC(C)C)C(c1ccc(Cl)cc1)N(c1ccc([C@@](C)(O)C3CN(CC(F)(F)F)C3)cc1)C(=O)C2. The van der Waals surface area contributed by atoms with Crippen molar-refractivity contribution in [3.05, 3.63) is 87.9 Å². The number of amides is 1. The van der Waals surface area contributed by atoms with E-state index in [4.69, 9.17) is 21.1 Å². The number of nitrogens with zero attached hydrogens (tertiary/aromatic N) is 2. The number of rotatable bonds is 8. The Morgan fingerprint density at radius 1 is 1.02 bits per heavy atom. The first-order valence-electron chi connectivity index (χ1n) is 13.8. The van der Waals surface area contributed by atoms with Gasteiger partial charge >= 0.3 is 6.18 Å². The van der Waals surface area contributed by atoms with Crippen molar-refractivity contribution in [2.45, 2.75) is 51.1 Å². The van der Waals surface area contributed by atoms with Crippen LogP contribution in [-0.2, 0) is 16.8 Å². The molecule has 2 aliphatic heterocycles. The second kappa shape index (κ2) is 11.4. The fraction of sp³-hybridized carbons (Fsp3) is 0.406. The smallest absolute Gasteiger partial charge is 0.401 e. The number of hydrogen-bond donors (Lipinski definition) is 1. The molecule has 1 unspecified atom stereocenters. The number of aliphatic hydroxyl groups is 1. The van der Waals surface area contributed by atoms with E-state index in [0.29, 0.717) is 27.8 Å². The average molecular weight is 603 g/mol. The van der Waals surface area contributed by atoms with Crippen LogP contribution >= 0.6 is 11.6 Å². The molecule has 5 rings (SSSR count). The van der Waals surface area contributed by atoms with Gasteiger partial charge in [0.15, 0.2) is 11.5 Å². The largest absolute Gasteiger partial charge is 0.493 e. The summed E-state index contributed by atoms with van der Waals surface area (Å²) in [6.07, 6.45) is -4.22. The minimum atomic E-state index is -4.27. The van der Waals surface area contributed by atoms with Crippen LogP contribution in [0.1, 0.15) is 49.1 Å². The Morgan fingerprint density at radius 3 is 2.24 bits per heavy atom. The molecule has 10 heteroatoms. The Balaban J connectivity index is 1.49. The average Bonchev–Trinajstić information content (AvgIpc) is 2.89. The lowest BCUT2D eigenvalue weighted by molar-refractivity contribution is -0.173. The van der Waals surface area contributed by atoms with Crippen LogP contribution in [0.4, 0.5) is 18.9 Å². The Kier molecular flexibility index (Phi) is 8.22. The second-order valence-corrected chi connectivity index (χ2v) is 11.9. The molecule has 0 aromatic heterocycles. The molecule has 3 aromatic carbocycles. The molecule has 0 saturated carbocycles. The molecule has 0 radical (unpaired) electrons. The molecule has 0 bridgehead atoms. The van der Waals surface area contributed by atoms with Gasteiger partial charge in [-0.15, -0.1) is 0 Å². The van der Waals surface area contributed by atoms with Crippen LogP contribution in [0.2, 0.25) is 5.02 Å². The molecular formula is C32H34ClF3N2O4. The van der Waals surface area contributed by atoms with Gasteiger partial charge in [-0.25, -0.2) is 0 Å². The lowest BCUT2D eigenvalue weighted by Gasteiger charge is -2.47. The quantitative estimate of drug-likeness (QED) is 0.318. The van der Waals surface area contributed by atoms with Crippen molar-refractivity contribution in [3.8, 4) is 11.5 Å². The zero-order valence-electron chi connectivity index (χ0n) is 23.9. The van der Waals surface area contributed by atoms with E-state index in [9.17, 15) is 23.1 Å². The van der Waals surface area contributed by atoms with Crippen molar-refractivity contribution in [2.75, 3.05) is 31.6 Å². The lowest BCUT2D eigenvalue weighted by atomic mass is 9.78. The van der Waals surface area contributed by atoms with Crippen molar-refractivity contribution < 1.29 is 32.5 Å². The normalized spacial score (nSPS) is 19.3. The number of methoxy groups -OCH3 is 1. The van der Waals surface area contributed by atoms with E-state index in [1.54, 1.807) is 55.3 Å². The first kappa shape index (κ1) is 30.2. The first-order chi connectivity index (χ1) is 19.8. The standard InChI is InChI=1S/C32H34ClF3N2O4/c1-19(2)42-28-15-26-21(13-27(28)41-4)14-29(39)38(30(26)20-5-9-24(33)10-6-20)25-11-7-22(8-12-25)31(3,40)23-16-37(17-23)18-32(34,35)36/h5-13,15,19,23,30,40H,14,16-18H2,1-4H3/t30?,31-/m1/s1. The fourth-order valence-electron chi connectivity index (χ4n) is 5.83. The third-order valence-electron chi connectivity index (χ3n) is 8.02. The number of alkyl halides is 3. The van der Waals surface area contributed by atoms with Gasteiger partial charge in [0.25, 0.3) is 0 Å². The molecule has 1 N–H and O–H groups in total. The zero-order chi connectivity index (χ0) is 30.4. The van der Waals surface area contributed by atoms with Crippen LogP contribution in [0.25, 0.3) is 0 Å². The van der Waals surface area contributed by atoms with Gasteiger partial charge in [-0.3, -0.25) is 9.69 Å². The minimum absolute atomic E-state index is 0.0937. The summed E-state index contributed by atoms with van der Waals surface area (Å²) in [6.45, 7) is 4.80. The minimum Gasteiger partial charge on any atom is -0.493 e. The van der Waals surface area contributed by atoms with Crippen LogP contribution in [0.15, 0.2) is 60.7 Å². The Morgan fingerprint density at radius 2 is 1.67 bits per heavy atom. The van der Waals surface area contributed by atoms with Crippen LogP contribution < -0.4 is 14.4 Å². The highest BCUT2D eigenvalue weighted by atomic mass is 35.5. The number of anilines is 1. The topological polar surface area (TPSA) is 62.2 Å². The molecule has 1 amide bonds. The number of hydrogen-bond acceptors (Lipinski definition) is 5. The number of carbonyl (C=O) groups is 1. The molecule has 2 heterocycles. The summed E-state index contributed by atoms with van der Waals surface area (Å²) in [5.41, 5.74) is 2.45. The Hall–Kier alpha value is -3.27. The van der Waals surface area contributed by atoms with Crippen molar-refractivity contribution in [1.82, 2.24) is 4.90 Å². The molecule has 0 spiro atoms. The van der Waals surface area contributed by atoms with E-state index in [1.165, 1.54) is 4.90 Å². The maximum Gasteiger partial charge on any atom is 0.401 e. The summed E-state index contributed by atoms with van der Waals surface area (Å²) >= 11 is 6.20. The van der Waals surface area contributed by atoms with Gasteiger partial charge in [0.2, 0.25) is 5.91 Å². The summed E-state index contributed by atoms with van der Waals surface area (Å²) < 4.78 is 49.9. The highest BCUT2D eigenvalue weighted by Crippen LogP contribution is 2.44. The molecule has 1 saturated heterocycles. The fourth-order valence-corrected chi connectivity index (χ4v) is 5.96. The van der Waals surface area contributed by atoms with Crippen LogP contribution in [-0.4, -0.2) is 54.9 Å². The van der Waals surface area contributed by atoms with Gasteiger partial charge in [0, 0.05) is 29.7 Å². The summed E-state index contributed by atoms with van der Waals surface area (Å²) in [4.78, 5) is 16.8. The zero-order valence-corrected chi connectivity index (χ0v) is 24.7. The van der Waals surface area contributed by atoms with Crippen LogP contribution in [0.3, 0.4) is 0 Å². The molecule has 224 valence electrons. The van der Waals surface area contributed by atoms with Crippen molar-refractivity contribution in [2.24, 2.45) is 5.92 Å². The molecule has 2 aliphatic rings. The third-order valence-corrected chi connectivity index (χ3v) is 8.27. The Bertz CT molecular complexity index is 1440. The predicted octanol–water partition coefficient (Wildman–Crippen LogP) is 6.52. The number of benzene rings is 3. The highest BCUT2D eigenvalue weighted by molar-refractivity contribution is 6.30. The maximum absolute atomic E-state index is 13.7. The third kappa shape index (κ3) is 6.09. The van der Waals surface area contributed by atoms with Gasteiger partial charge in [0.05, 0.1) is 37.8 Å². The number of carbonyl (C=O) groups excluding carboxylic acids is 1. The summed E-state index contributed by atoms with van der Waals surface area (Å²) in [5.74, 6) is 0.662. The van der Waals surface area contributed by atoms with E-state index in [-0.39, 0.29) is 37.4 Å². The van der Waals surface area contributed by atoms with Crippen molar-refractivity contribution >= 4 is 23.2 Å². The number of ether oxygens (including phenoxy) is 2. The van der Waals surface area contributed by atoms with Gasteiger partial charge in [-0.1, -0.05) is 35.9 Å². The van der Waals surface area contributed by atoms with Crippen LogP contribution in [0.5, 0.6) is 11.5 Å². The highest BCUT2D eigenvalue weighted by Gasteiger charge is 2.45. The maximum atomic E-state index is 13.7. The number of fused-ring (bicyclic) bond motifs is 1. The molecule has 6 nitrogen and oxygen atoms in total. The number of likely N-dealkylation sites (tertiary alicyclic amines) is 1. The molecule has 42 heavy (non-hydrogen) atoms. The van der Waals surface area contributed by atoms with E-state index < -0.39 is 24.4 Å². The monoisotopic (exact) mass is 602 g/mol. The molecule has 2 atom stereocenters. The molecule has 1 fully saturated rings. The van der Waals surface area contributed by atoms with Crippen molar-refractivity contribution in [1.29, 1.82) is 0 Å². The van der Waals surface area contributed by atoms with E-state index in [1.807, 2.05) is 38.1 Å². The second-order valence-electron chi connectivity index (χ2n) is 11.5. The van der Waals surface area contributed by atoms with E-state index >= 15 is 0 Å². The lowest BCUT2D eigenvalue weighted by Crippen LogP contribution is -2.57. The van der Waals surface area contributed by atoms with E-state index in [2.05, 4.69) is 0 Å². The molecule has 0 aliphatic carbocycles. The molecule has 3 aromatic rings. The van der Waals surface area contributed by atoms with Crippen LogP contribution in [0, 0.1) is 5.92 Å². The summed E-state index contributed by atoms with van der Waals surface area (Å²) in [6, 6.07) is 17.7. The van der Waals surface area contributed by atoms with Gasteiger partial charge in [-0.2, -0.15) is 13.2 Å². The first-order valence-corrected chi connectivity index (χ1v) is 14.2. The van der Waals surface area contributed by atoms with Crippen molar-refractivity contribution in [3.63, 3.8) is 0 Å². The predicted molar refractivity (Wildman–Crippen MR) is 155 cm³/mol. The van der Waals surface area contributed by atoms with Gasteiger partial charge in [0.1, 0.15) is 0 Å². The number of halogens is 4. The van der Waals surface area contributed by atoms with Gasteiger partial charge < -0.3 is 19.5 Å². The van der Waals surface area contributed by atoms with E-state index in [0.717, 1.165) is 16.7 Å². The van der Waals surface area contributed by atoms with Gasteiger partial charge in [-0.05, 0) is 79.4 Å². The Labute approximate surface area is 248 Å². The summed E-state index contributed by atoms with van der Waals surface area (Å²) in [7, 11) is 1.57.